The van der Waals surface area contributed by atoms with E-state index >= 15 is 0 Å². The molecule has 0 spiro atoms. The molecule has 0 fully saturated rings. The van der Waals surface area contributed by atoms with Gasteiger partial charge in [0.1, 0.15) is 0 Å². The summed E-state index contributed by atoms with van der Waals surface area (Å²) in [5, 5.41) is 3.49. The molecule has 0 saturated heterocycles. The molecular weight excluding hydrogens is 158 g/mol. The van der Waals surface area contributed by atoms with Crippen LogP contribution in [0.4, 0.5) is 0 Å². The molecule has 0 radical (unpaired) electrons. The molecule has 0 heterocycles. The largest absolute Gasteiger partial charge is 0.314 e. The Morgan fingerprint density at radius 1 is 1.38 bits per heavy atom. The van der Waals surface area contributed by atoms with Gasteiger partial charge in [-0.3, -0.25) is 0 Å². The monoisotopic (exact) mass is 183 g/mol. The van der Waals surface area contributed by atoms with Crippen LogP contribution in [0.3, 0.4) is 0 Å². The van der Waals surface area contributed by atoms with E-state index in [-0.39, 0.29) is 0 Å². The van der Waals surface area contributed by atoms with Crippen LogP contribution in [-0.4, -0.2) is 12.6 Å². The molecule has 1 nitrogen and oxygen atoms in total. The molecule has 0 saturated carbocycles. The molecular formula is C12H25N. The van der Waals surface area contributed by atoms with Crippen molar-refractivity contribution in [2.75, 3.05) is 6.54 Å². The summed E-state index contributed by atoms with van der Waals surface area (Å²) in [6, 6.07) is 0.671. The Labute approximate surface area is 83.6 Å². The Balaban J connectivity index is 3.26. The molecule has 0 aromatic heterocycles. The number of allylic oxidation sites excluding steroid dienone is 1. The molecule has 0 rings (SSSR count). The lowest BCUT2D eigenvalue weighted by atomic mass is 10.1. The summed E-state index contributed by atoms with van der Waals surface area (Å²) in [6.07, 6.45) is 6.13. The average molecular weight is 183 g/mol. The molecule has 78 valence electrons. The summed E-state index contributed by atoms with van der Waals surface area (Å²) in [7, 11) is 0. The standard InChI is InChI=1S/C12H25N/c1-5-10-13-12(4)9-7-8-11(3)6-2/h12-13H,3,5-10H2,1-2,4H3. The predicted octanol–water partition coefficient (Wildman–Crippen LogP) is 3.51. The summed E-state index contributed by atoms with van der Waals surface area (Å²) in [5.74, 6) is 0. The van der Waals surface area contributed by atoms with Crippen molar-refractivity contribution in [2.24, 2.45) is 0 Å². The highest BCUT2D eigenvalue weighted by atomic mass is 14.9. The summed E-state index contributed by atoms with van der Waals surface area (Å²) in [6.45, 7) is 11.8. The SMILES string of the molecule is C=C(CC)CCCC(C)NCCC. The molecule has 0 aliphatic heterocycles. The fraction of sp³-hybridized carbons (Fsp3) is 0.833. The molecule has 1 N–H and O–H groups in total. The van der Waals surface area contributed by atoms with E-state index in [1.807, 2.05) is 0 Å². The Morgan fingerprint density at radius 2 is 2.08 bits per heavy atom. The van der Waals surface area contributed by atoms with Crippen molar-refractivity contribution in [1.82, 2.24) is 5.32 Å². The number of hydrogen-bond donors (Lipinski definition) is 1. The van der Waals surface area contributed by atoms with Gasteiger partial charge in [-0.1, -0.05) is 26.0 Å². The zero-order chi connectivity index (χ0) is 10.1. The Hall–Kier alpha value is -0.300. The molecule has 1 unspecified atom stereocenters. The molecule has 0 bridgehead atoms. The van der Waals surface area contributed by atoms with Crippen molar-refractivity contribution in [3.8, 4) is 0 Å². The first-order valence-electron chi connectivity index (χ1n) is 5.60. The van der Waals surface area contributed by atoms with Crippen LogP contribution in [0.5, 0.6) is 0 Å². The van der Waals surface area contributed by atoms with Gasteiger partial charge >= 0.3 is 0 Å². The Kier molecular flexibility index (Phi) is 8.11. The molecule has 0 amide bonds. The molecule has 0 aliphatic rings. The second-order valence-corrected chi connectivity index (χ2v) is 3.85. The van der Waals surface area contributed by atoms with E-state index in [2.05, 4.69) is 32.7 Å². The lowest BCUT2D eigenvalue weighted by Gasteiger charge is -2.12. The van der Waals surface area contributed by atoms with Gasteiger partial charge in [0.25, 0.3) is 0 Å². The van der Waals surface area contributed by atoms with Crippen LogP contribution in [0.25, 0.3) is 0 Å². The lowest BCUT2D eigenvalue weighted by Crippen LogP contribution is -2.26. The van der Waals surface area contributed by atoms with E-state index in [0.717, 1.165) is 13.0 Å². The molecule has 0 aromatic rings. The summed E-state index contributed by atoms with van der Waals surface area (Å²) in [5.41, 5.74) is 1.39. The van der Waals surface area contributed by atoms with E-state index < -0.39 is 0 Å². The van der Waals surface area contributed by atoms with Crippen molar-refractivity contribution < 1.29 is 0 Å². The van der Waals surface area contributed by atoms with E-state index in [0.29, 0.717) is 6.04 Å². The van der Waals surface area contributed by atoms with Gasteiger partial charge in [0, 0.05) is 6.04 Å². The highest BCUT2D eigenvalue weighted by Crippen LogP contribution is 2.09. The highest BCUT2D eigenvalue weighted by Gasteiger charge is 1.99. The van der Waals surface area contributed by atoms with Crippen LogP contribution in [0.15, 0.2) is 12.2 Å². The van der Waals surface area contributed by atoms with Gasteiger partial charge in [-0.15, -0.1) is 0 Å². The molecule has 0 aliphatic carbocycles. The highest BCUT2D eigenvalue weighted by molar-refractivity contribution is 4.92. The van der Waals surface area contributed by atoms with Crippen molar-refractivity contribution in [3.63, 3.8) is 0 Å². The third-order valence-electron chi connectivity index (χ3n) is 2.41. The minimum absolute atomic E-state index is 0.671. The minimum Gasteiger partial charge on any atom is -0.314 e. The summed E-state index contributed by atoms with van der Waals surface area (Å²) in [4.78, 5) is 0. The predicted molar refractivity (Wildman–Crippen MR) is 61.0 cm³/mol. The van der Waals surface area contributed by atoms with Crippen LogP contribution >= 0.6 is 0 Å². The number of rotatable bonds is 8. The first-order valence-corrected chi connectivity index (χ1v) is 5.60. The van der Waals surface area contributed by atoms with Gasteiger partial charge in [-0.05, 0) is 45.6 Å². The van der Waals surface area contributed by atoms with Crippen LogP contribution in [0, 0.1) is 0 Å². The van der Waals surface area contributed by atoms with Crippen LogP contribution in [-0.2, 0) is 0 Å². The van der Waals surface area contributed by atoms with Crippen molar-refractivity contribution in [2.45, 2.75) is 58.9 Å². The van der Waals surface area contributed by atoms with Crippen molar-refractivity contribution >= 4 is 0 Å². The first-order chi connectivity index (χ1) is 6.20. The quantitative estimate of drug-likeness (QED) is 0.568. The summed E-state index contributed by atoms with van der Waals surface area (Å²) < 4.78 is 0. The molecule has 13 heavy (non-hydrogen) atoms. The molecule has 0 aromatic carbocycles. The molecule has 1 atom stereocenters. The van der Waals surface area contributed by atoms with Crippen molar-refractivity contribution in [1.29, 1.82) is 0 Å². The zero-order valence-electron chi connectivity index (χ0n) is 9.53. The summed E-state index contributed by atoms with van der Waals surface area (Å²) >= 11 is 0. The van der Waals surface area contributed by atoms with Crippen LogP contribution < -0.4 is 5.32 Å². The van der Waals surface area contributed by atoms with Gasteiger partial charge in [-0.25, -0.2) is 0 Å². The normalized spacial score (nSPS) is 12.8. The number of nitrogens with one attached hydrogen (secondary N) is 1. The second-order valence-electron chi connectivity index (χ2n) is 3.85. The fourth-order valence-electron chi connectivity index (χ4n) is 1.33. The maximum atomic E-state index is 4.01. The Bertz CT molecular complexity index is 129. The van der Waals surface area contributed by atoms with E-state index in [1.54, 1.807) is 0 Å². The Morgan fingerprint density at radius 3 is 2.62 bits per heavy atom. The lowest BCUT2D eigenvalue weighted by molar-refractivity contribution is 0.497. The van der Waals surface area contributed by atoms with Gasteiger partial charge < -0.3 is 5.32 Å². The van der Waals surface area contributed by atoms with Gasteiger partial charge in [0.05, 0.1) is 0 Å². The van der Waals surface area contributed by atoms with Crippen LogP contribution in [0.1, 0.15) is 52.9 Å². The van der Waals surface area contributed by atoms with E-state index in [1.165, 1.54) is 31.3 Å². The fourth-order valence-corrected chi connectivity index (χ4v) is 1.33. The molecule has 1 heteroatoms. The van der Waals surface area contributed by atoms with E-state index in [9.17, 15) is 0 Å². The van der Waals surface area contributed by atoms with Crippen LogP contribution in [0.2, 0.25) is 0 Å². The first kappa shape index (κ1) is 12.7. The third-order valence-corrected chi connectivity index (χ3v) is 2.41. The van der Waals surface area contributed by atoms with Crippen molar-refractivity contribution in [3.05, 3.63) is 12.2 Å². The second kappa shape index (κ2) is 8.31. The average Bonchev–Trinajstić information content (AvgIpc) is 2.14. The zero-order valence-corrected chi connectivity index (χ0v) is 9.53. The van der Waals surface area contributed by atoms with E-state index in [4.69, 9.17) is 0 Å². The van der Waals surface area contributed by atoms with Gasteiger partial charge in [0.15, 0.2) is 0 Å². The topological polar surface area (TPSA) is 12.0 Å². The maximum absolute atomic E-state index is 4.01. The third kappa shape index (κ3) is 8.04. The minimum atomic E-state index is 0.671. The smallest absolute Gasteiger partial charge is 0.00388 e. The number of hydrogen-bond acceptors (Lipinski definition) is 1. The van der Waals surface area contributed by atoms with Gasteiger partial charge in [-0.2, -0.15) is 0 Å². The van der Waals surface area contributed by atoms with Gasteiger partial charge in [0.2, 0.25) is 0 Å². The maximum Gasteiger partial charge on any atom is 0.00388 e.